The van der Waals surface area contributed by atoms with Gasteiger partial charge >= 0.3 is 0 Å². The number of rotatable bonds is 2. The summed E-state index contributed by atoms with van der Waals surface area (Å²) in [5, 5.41) is 3.41. The summed E-state index contributed by atoms with van der Waals surface area (Å²) in [6.07, 6.45) is 5.57. The molecule has 0 aromatic carbocycles. The lowest BCUT2D eigenvalue weighted by atomic mass is 9.91. The lowest BCUT2D eigenvalue weighted by Crippen LogP contribution is -2.45. The van der Waals surface area contributed by atoms with Crippen LogP contribution in [-0.2, 0) is 4.79 Å². The van der Waals surface area contributed by atoms with Crippen LogP contribution in [0.5, 0.6) is 0 Å². The number of carbonyl (C=O) groups excluding carboxylic acids is 1. The van der Waals surface area contributed by atoms with Gasteiger partial charge in [0.2, 0.25) is 5.91 Å². The Balaban J connectivity index is 0.00000144. The molecule has 4 heteroatoms. The predicted molar refractivity (Wildman–Crippen MR) is 72.5 cm³/mol. The van der Waals surface area contributed by atoms with Crippen LogP contribution in [0.3, 0.4) is 0 Å². The van der Waals surface area contributed by atoms with Gasteiger partial charge in [0, 0.05) is 24.5 Å². The van der Waals surface area contributed by atoms with Crippen LogP contribution in [0.25, 0.3) is 0 Å². The Kier molecular flexibility index (Phi) is 5.74. The van der Waals surface area contributed by atoms with Crippen LogP contribution in [-0.4, -0.2) is 36.0 Å². The molecule has 2 heterocycles. The smallest absolute Gasteiger partial charge is 0.226 e. The molecule has 0 radical (unpaired) electrons. The highest BCUT2D eigenvalue weighted by Gasteiger charge is 2.33. The molecule has 17 heavy (non-hydrogen) atoms. The molecule has 3 nitrogen and oxygen atoms in total. The molecular formula is C13H25ClN2O. The minimum atomic E-state index is 0. The van der Waals surface area contributed by atoms with Crippen LogP contribution in [0.4, 0.5) is 0 Å². The van der Waals surface area contributed by atoms with Crippen LogP contribution in [0.2, 0.25) is 0 Å². The van der Waals surface area contributed by atoms with Crippen molar-refractivity contribution in [2.24, 2.45) is 5.92 Å². The molecule has 0 aromatic rings. The molecule has 3 atom stereocenters. The SMILES string of the molecule is CCC1CCCN1C(=O)[C@H]1CCN[C@@H](C)C1.Cl. The van der Waals surface area contributed by atoms with Crippen molar-refractivity contribution in [3.05, 3.63) is 0 Å². The summed E-state index contributed by atoms with van der Waals surface area (Å²) in [6, 6.07) is 1.03. The topological polar surface area (TPSA) is 32.3 Å². The lowest BCUT2D eigenvalue weighted by Gasteiger charge is -2.32. The van der Waals surface area contributed by atoms with E-state index in [4.69, 9.17) is 0 Å². The molecule has 0 aliphatic carbocycles. The van der Waals surface area contributed by atoms with Crippen LogP contribution in [0.1, 0.15) is 46.0 Å². The van der Waals surface area contributed by atoms with E-state index >= 15 is 0 Å². The Hall–Kier alpha value is -0.280. The molecule has 0 aromatic heterocycles. The van der Waals surface area contributed by atoms with E-state index < -0.39 is 0 Å². The van der Waals surface area contributed by atoms with Crippen molar-refractivity contribution < 1.29 is 4.79 Å². The van der Waals surface area contributed by atoms with Gasteiger partial charge < -0.3 is 10.2 Å². The number of likely N-dealkylation sites (tertiary alicyclic amines) is 1. The number of piperidine rings is 1. The molecule has 1 unspecified atom stereocenters. The van der Waals surface area contributed by atoms with Gasteiger partial charge in [-0.15, -0.1) is 12.4 Å². The average molecular weight is 261 g/mol. The van der Waals surface area contributed by atoms with Crippen molar-refractivity contribution in [1.82, 2.24) is 10.2 Å². The number of nitrogens with one attached hydrogen (secondary N) is 1. The van der Waals surface area contributed by atoms with Crippen molar-refractivity contribution in [2.45, 2.75) is 58.0 Å². The molecule has 0 saturated carbocycles. The quantitative estimate of drug-likeness (QED) is 0.826. The number of halogens is 1. The maximum atomic E-state index is 12.4. The first-order valence-electron chi connectivity index (χ1n) is 6.76. The number of amides is 1. The van der Waals surface area contributed by atoms with Gasteiger partial charge in [-0.3, -0.25) is 4.79 Å². The van der Waals surface area contributed by atoms with E-state index in [9.17, 15) is 4.79 Å². The van der Waals surface area contributed by atoms with Crippen molar-refractivity contribution in [2.75, 3.05) is 13.1 Å². The summed E-state index contributed by atoms with van der Waals surface area (Å²) in [7, 11) is 0. The summed E-state index contributed by atoms with van der Waals surface area (Å²) < 4.78 is 0. The first-order chi connectivity index (χ1) is 7.72. The standard InChI is InChI=1S/C13H24N2O.ClH/c1-3-12-5-4-8-15(12)13(16)11-6-7-14-10(2)9-11;/h10-12,14H,3-9H2,1-2H3;1H/t10-,11-,12?;/m0./s1. The van der Waals surface area contributed by atoms with Gasteiger partial charge in [0.15, 0.2) is 0 Å². The maximum absolute atomic E-state index is 12.4. The first-order valence-corrected chi connectivity index (χ1v) is 6.76. The molecule has 2 aliphatic rings. The Morgan fingerprint density at radius 3 is 2.82 bits per heavy atom. The molecule has 100 valence electrons. The zero-order valence-corrected chi connectivity index (χ0v) is 11.8. The summed E-state index contributed by atoms with van der Waals surface area (Å²) in [6.45, 7) is 6.37. The van der Waals surface area contributed by atoms with Crippen molar-refractivity contribution in [1.29, 1.82) is 0 Å². The molecular weight excluding hydrogens is 236 g/mol. The highest BCUT2D eigenvalue weighted by molar-refractivity contribution is 5.85. The molecule has 1 N–H and O–H groups in total. The first kappa shape index (κ1) is 14.8. The fourth-order valence-electron chi connectivity index (χ4n) is 3.14. The van der Waals surface area contributed by atoms with Gasteiger partial charge in [-0.05, 0) is 45.6 Å². The van der Waals surface area contributed by atoms with E-state index in [1.165, 1.54) is 12.8 Å². The van der Waals surface area contributed by atoms with Crippen molar-refractivity contribution >= 4 is 18.3 Å². The minimum Gasteiger partial charge on any atom is -0.339 e. The third-order valence-electron chi connectivity index (χ3n) is 4.10. The normalized spacial score (nSPS) is 33.3. The maximum Gasteiger partial charge on any atom is 0.226 e. The second-order valence-electron chi connectivity index (χ2n) is 5.31. The van der Waals surface area contributed by atoms with E-state index in [2.05, 4.69) is 24.1 Å². The lowest BCUT2D eigenvalue weighted by molar-refractivity contribution is -0.137. The van der Waals surface area contributed by atoms with E-state index in [-0.39, 0.29) is 18.3 Å². The fourth-order valence-corrected chi connectivity index (χ4v) is 3.14. The Labute approximate surface area is 111 Å². The van der Waals surface area contributed by atoms with E-state index in [0.29, 0.717) is 18.0 Å². The molecule has 0 bridgehead atoms. The van der Waals surface area contributed by atoms with Crippen molar-refractivity contribution in [3.63, 3.8) is 0 Å². The Bertz CT molecular complexity index is 260. The summed E-state index contributed by atoms with van der Waals surface area (Å²) in [5.74, 6) is 0.709. The highest BCUT2D eigenvalue weighted by Crippen LogP contribution is 2.26. The third-order valence-corrected chi connectivity index (χ3v) is 4.10. The Morgan fingerprint density at radius 1 is 1.41 bits per heavy atom. The van der Waals surface area contributed by atoms with Gasteiger partial charge in [-0.2, -0.15) is 0 Å². The Morgan fingerprint density at radius 2 is 2.18 bits per heavy atom. The van der Waals surface area contributed by atoms with E-state index in [1.807, 2.05) is 0 Å². The van der Waals surface area contributed by atoms with Crippen LogP contribution in [0, 0.1) is 5.92 Å². The van der Waals surface area contributed by atoms with Gasteiger partial charge in [0.25, 0.3) is 0 Å². The van der Waals surface area contributed by atoms with Gasteiger partial charge in [0.1, 0.15) is 0 Å². The molecule has 2 fully saturated rings. The fraction of sp³-hybridized carbons (Fsp3) is 0.923. The van der Waals surface area contributed by atoms with Gasteiger partial charge in [-0.1, -0.05) is 6.92 Å². The van der Waals surface area contributed by atoms with Gasteiger partial charge in [-0.25, -0.2) is 0 Å². The third kappa shape index (κ3) is 3.35. The van der Waals surface area contributed by atoms with E-state index in [1.54, 1.807) is 0 Å². The highest BCUT2D eigenvalue weighted by atomic mass is 35.5. The van der Waals surface area contributed by atoms with Gasteiger partial charge in [0.05, 0.1) is 0 Å². The zero-order chi connectivity index (χ0) is 11.5. The molecule has 2 rings (SSSR count). The monoisotopic (exact) mass is 260 g/mol. The predicted octanol–water partition coefficient (Wildman–Crippen LogP) is 2.20. The second kappa shape index (κ2) is 6.60. The van der Waals surface area contributed by atoms with Crippen molar-refractivity contribution in [3.8, 4) is 0 Å². The molecule has 2 aliphatic heterocycles. The van der Waals surface area contributed by atoms with Crippen LogP contribution in [0.15, 0.2) is 0 Å². The molecule has 0 spiro atoms. The number of hydrogen-bond donors (Lipinski definition) is 1. The summed E-state index contributed by atoms with van der Waals surface area (Å²) in [4.78, 5) is 14.6. The number of nitrogens with zero attached hydrogens (tertiary/aromatic N) is 1. The molecule has 1 amide bonds. The van der Waals surface area contributed by atoms with Crippen LogP contribution < -0.4 is 5.32 Å². The average Bonchev–Trinajstić information content (AvgIpc) is 2.76. The van der Waals surface area contributed by atoms with Crippen LogP contribution >= 0.6 is 12.4 Å². The zero-order valence-electron chi connectivity index (χ0n) is 10.9. The summed E-state index contributed by atoms with van der Waals surface area (Å²) in [5.41, 5.74) is 0. The largest absolute Gasteiger partial charge is 0.339 e. The van der Waals surface area contributed by atoms with E-state index in [0.717, 1.165) is 32.4 Å². The second-order valence-corrected chi connectivity index (χ2v) is 5.31. The number of carbonyl (C=O) groups is 1. The number of hydrogen-bond acceptors (Lipinski definition) is 2. The summed E-state index contributed by atoms with van der Waals surface area (Å²) >= 11 is 0. The molecule has 2 saturated heterocycles. The minimum absolute atomic E-state index is 0.